The van der Waals surface area contributed by atoms with Gasteiger partial charge in [-0.05, 0) is 6.42 Å². The Morgan fingerprint density at radius 3 is 2.89 bits per heavy atom. The molecule has 1 aliphatic heterocycles. The number of rotatable bonds is 6. The predicted octanol–water partition coefficient (Wildman–Crippen LogP) is 1.90. The van der Waals surface area contributed by atoms with Gasteiger partial charge < -0.3 is 15.4 Å². The lowest BCUT2D eigenvalue weighted by Crippen LogP contribution is -2.47. The van der Waals surface area contributed by atoms with Gasteiger partial charge >= 0.3 is 0 Å². The van der Waals surface area contributed by atoms with Crippen molar-refractivity contribution in [2.24, 2.45) is 4.99 Å². The highest BCUT2D eigenvalue weighted by Gasteiger charge is 2.22. The summed E-state index contributed by atoms with van der Waals surface area (Å²) in [6.07, 6.45) is 2.80. The molecule has 8 nitrogen and oxygen atoms in total. The van der Waals surface area contributed by atoms with E-state index < -0.39 is 0 Å². The van der Waals surface area contributed by atoms with Crippen molar-refractivity contribution < 1.29 is 4.74 Å². The highest BCUT2D eigenvalue weighted by Crippen LogP contribution is 2.23. The summed E-state index contributed by atoms with van der Waals surface area (Å²) in [5.41, 5.74) is 1.26. The second-order valence-electron chi connectivity index (χ2n) is 8.06. The summed E-state index contributed by atoms with van der Waals surface area (Å²) in [4.78, 5) is 13.6. The lowest BCUT2D eigenvalue weighted by molar-refractivity contribution is 0.177. The molecule has 2 aromatic rings. The van der Waals surface area contributed by atoms with E-state index >= 15 is 0 Å². The number of fused-ring (bicyclic) bond motifs is 1. The topological polar surface area (TPSA) is 89.2 Å². The summed E-state index contributed by atoms with van der Waals surface area (Å²) in [6, 6.07) is 0.281. The molecule has 0 saturated heterocycles. The van der Waals surface area contributed by atoms with Crippen LogP contribution in [0.4, 0.5) is 0 Å². The Balaban J connectivity index is 1.47. The number of aryl methyl sites for hydroxylation is 1. The van der Waals surface area contributed by atoms with E-state index in [2.05, 4.69) is 51.9 Å². The quantitative estimate of drug-likeness (QED) is 0.564. The van der Waals surface area contributed by atoms with Gasteiger partial charge in [-0.3, -0.25) is 4.99 Å². The Kier molecular flexibility index (Phi) is 6.66. The third-order valence-corrected chi connectivity index (χ3v) is 5.60. The largest absolute Gasteiger partial charge is 0.377 e. The van der Waals surface area contributed by atoms with Crippen LogP contribution in [0.15, 0.2) is 10.4 Å². The second-order valence-corrected chi connectivity index (χ2v) is 9.01. The van der Waals surface area contributed by atoms with E-state index in [1.54, 1.807) is 25.5 Å². The fourth-order valence-electron chi connectivity index (χ4n) is 3.11. The SMILES string of the molecule is CN=C(NCCc1nc(C(C)(C)C)cs1)NC1CCc2nc(COC)nn2C1. The van der Waals surface area contributed by atoms with Gasteiger partial charge in [-0.25, -0.2) is 14.6 Å². The predicted molar refractivity (Wildman–Crippen MR) is 112 cm³/mol. The zero-order valence-electron chi connectivity index (χ0n) is 17.4. The van der Waals surface area contributed by atoms with Crippen molar-refractivity contribution in [1.82, 2.24) is 30.4 Å². The number of hydrogen-bond acceptors (Lipinski definition) is 6. The molecule has 0 saturated carbocycles. The van der Waals surface area contributed by atoms with Crippen molar-refractivity contribution in [3.05, 3.63) is 27.7 Å². The molecular formula is C19H31N7OS. The van der Waals surface area contributed by atoms with Crippen molar-refractivity contribution in [1.29, 1.82) is 0 Å². The number of thiazole rings is 1. The molecule has 3 rings (SSSR count). The van der Waals surface area contributed by atoms with Crippen molar-refractivity contribution in [3.63, 3.8) is 0 Å². The molecule has 2 N–H and O–H groups in total. The maximum Gasteiger partial charge on any atom is 0.191 e. The Morgan fingerprint density at radius 2 is 2.21 bits per heavy atom. The van der Waals surface area contributed by atoms with E-state index in [0.29, 0.717) is 6.61 Å². The van der Waals surface area contributed by atoms with Gasteiger partial charge in [0.15, 0.2) is 11.8 Å². The minimum atomic E-state index is 0.101. The Morgan fingerprint density at radius 1 is 1.39 bits per heavy atom. The second kappa shape index (κ2) is 9.00. The van der Waals surface area contributed by atoms with E-state index in [-0.39, 0.29) is 11.5 Å². The number of aromatic nitrogens is 4. The lowest BCUT2D eigenvalue weighted by atomic mass is 9.93. The van der Waals surface area contributed by atoms with E-state index in [0.717, 1.165) is 60.7 Å². The van der Waals surface area contributed by atoms with Crippen LogP contribution in [0.2, 0.25) is 0 Å². The third-order valence-electron chi connectivity index (χ3n) is 4.69. The molecule has 3 heterocycles. The molecule has 2 aromatic heterocycles. The molecule has 9 heteroatoms. The van der Waals surface area contributed by atoms with Crippen LogP contribution in [0.3, 0.4) is 0 Å². The molecule has 0 spiro atoms. The normalized spacial score (nSPS) is 17.5. The smallest absolute Gasteiger partial charge is 0.191 e. The zero-order chi connectivity index (χ0) is 20.1. The van der Waals surface area contributed by atoms with Gasteiger partial charge in [-0.1, -0.05) is 20.8 Å². The summed E-state index contributed by atoms with van der Waals surface area (Å²) >= 11 is 1.73. The summed E-state index contributed by atoms with van der Waals surface area (Å²) in [7, 11) is 3.46. The molecule has 0 amide bonds. The molecule has 0 aromatic carbocycles. The van der Waals surface area contributed by atoms with Crippen LogP contribution in [0.5, 0.6) is 0 Å². The highest BCUT2D eigenvalue weighted by molar-refractivity contribution is 7.09. The number of aliphatic imine (C=N–C) groups is 1. The van der Waals surface area contributed by atoms with E-state index in [9.17, 15) is 0 Å². The first kappa shape index (κ1) is 20.7. The van der Waals surface area contributed by atoms with Gasteiger partial charge in [-0.15, -0.1) is 11.3 Å². The lowest BCUT2D eigenvalue weighted by Gasteiger charge is -2.25. The van der Waals surface area contributed by atoms with Crippen molar-refractivity contribution in [2.75, 3.05) is 20.7 Å². The minimum absolute atomic E-state index is 0.101. The summed E-state index contributed by atoms with van der Waals surface area (Å²) in [6.45, 7) is 8.62. The Bertz CT molecular complexity index is 806. The van der Waals surface area contributed by atoms with Crippen LogP contribution in [-0.4, -0.2) is 52.5 Å². The molecule has 1 unspecified atom stereocenters. The monoisotopic (exact) mass is 405 g/mol. The van der Waals surface area contributed by atoms with Gasteiger partial charge in [0.25, 0.3) is 0 Å². The Labute approximate surface area is 170 Å². The zero-order valence-corrected chi connectivity index (χ0v) is 18.3. The molecule has 28 heavy (non-hydrogen) atoms. The van der Waals surface area contributed by atoms with Gasteiger partial charge in [-0.2, -0.15) is 5.10 Å². The number of hydrogen-bond donors (Lipinski definition) is 2. The number of methoxy groups -OCH3 is 1. The molecular weight excluding hydrogens is 374 g/mol. The average Bonchev–Trinajstić information content (AvgIpc) is 3.27. The van der Waals surface area contributed by atoms with E-state index in [1.807, 2.05) is 4.68 Å². The fraction of sp³-hybridized carbons (Fsp3) is 0.684. The average molecular weight is 406 g/mol. The first-order valence-electron chi connectivity index (χ1n) is 9.72. The van der Waals surface area contributed by atoms with Gasteiger partial charge in [0.2, 0.25) is 0 Å². The van der Waals surface area contributed by atoms with E-state index in [1.165, 1.54) is 0 Å². The van der Waals surface area contributed by atoms with Crippen LogP contribution >= 0.6 is 11.3 Å². The maximum atomic E-state index is 5.13. The van der Waals surface area contributed by atoms with Crippen molar-refractivity contribution in [3.8, 4) is 0 Å². The van der Waals surface area contributed by atoms with Crippen molar-refractivity contribution in [2.45, 2.75) is 64.6 Å². The van der Waals surface area contributed by atoms with Crippen LogP contribution in [-0.2, 0) is 36.1 Å². The van der Waals surface area contributed by atoms with Gasteiger partial charge in [0.1, 0.15) is 12.4 Å². The first-order chi connectivity index (χ1) is 13.4. The highest BCUT2D eigenvalue weighted by atomic mass is 32.1. The minimum Gasteiger partial charge on any atom is -0.377 e. The molecule has 154 valence electrons. The van der Waals surface area contributed by atoms with Crippen LogP contribution in [0, 0.1) is 0 Å². The molecule has 1 atom stereocenters. The van der Waals surface area contributed by atoms with Crippen molar-refractivity contribution >= 4 is 17.3 Å². The van der Waals surface area contributed by atoms with Gasteiger partial charge in [0.05, 0.1) is 17.2 Å². The molecule has 0 aliphatic carbocycles. The van der Waals surface area contributed by atoms with Crippen LogP contribution < -0.4 is 10.6 Å². The van der Waals surface area contributed by atoms with Crippen LogP contribution in [0.1, 0.15) is 49.5 Å². The maximum absolute atomic E-state index is 5.13. The number of guanidine groups is 1. The molecule has 0 fully saturated rings. The summed E-state index contributed by atoms with van der Waals surface area (Å²) < 4.78 is 7.11. The summed E-state index contributed by atoms with van der Waals surface area (Å²) in [5.74, 6) is 2.60. The molecule has 0 radical (unpaired) electrons. The Hall–Kier alpha value is -2.00. The third kappa shape index (κ3) is 5.29. The van der Waals surface area contributed by atoms with Crippen LogP contribution in [0.25, 0.3) is 0 Å². The first-order valence-corrected chi connectivity index (χ1v) is 10.6. The standard InChI is InChI=1S/C19H31N7OS/c1-19(2,3)14-12-28-17(23-14)8-9-21-18(20-4)22-13-6-7-16-24-15(11-27-5)25-26(16)10-13/h12-13H,6-11H2,1-5H3,(H2,20,21,22). The molecule has 1 aliphatic rings. The van der Waals surface area contributed by atoms with E-state index in [4.69, 9.17) is 9.72 Å². The number of ether oxygens (including phenoxy) is 1. The number of nitrogens with one attached hydrogen (secondary N) is 2. The fourth-order valence-corrected chi connectivity index (χ4v) is 4.14. The van der Waals surface area contributed by atoms with Gasteiger partial charge in [0, 0.05) is 50.4 Å². The molecule has 0 bridgehead atoms. The summed E-state index contributed by atoms with van der Waals surface area (Å²) in [5, 5.41) is 14.8. The number of nitrogens with zero attached hydrogens (tertiary/aromatic N) is 5.